The number of rotatable bonds is 6. The minimum atomic E-state index is -1.06. The van der Waals surface area contributed by atoms with E-state index < -0.39 is 11.6 Å². The Kier molecular flexibility index (Phi) is 5.56. The molecule has 0 aliphatic heterocycles. The van der Waals surface area contributed by atoms with Gasteiger partial charge in [-0.3, -0.25) is 4.79 Å². The van der Waals surface area contributed by atoms with Crippen LogP contribution in [0.15, 0.2) is 72.9 Å². The molecule has 0 unspecified atom stereocenters. The zero-order valence-electron chi connectivity index (χ0n) is 19.1. The Morgan fingerprint density at radius 2 is 1.86 bits per heavy atom. The number of fused-ring (bicyclic) bond motifs is 1. The molecule has 0 fully saturated rings. The number of nitrogens with two attached hydrogens (primary N) is 1. The summed E-state index contributed by atoms with van der Waals surface area (Å²) in [6, 6.07) is 18.4. The van der Waals surface area contributed by atoms with Gasteiger partial charge in [-0.2, -0.15) is 9.49 Å². The predicted molar refractivity (Wildman–Crippen MR) is 130 cm³/mol. The first-order valence-corrected chi connectivity index (χ1v) is 11.1. The summed E-state index contributed by atoms with van der Waals surface area (Å²) in [7, 11) is 0. The van der Waals surface area contributed by atoms with E-state index in [2.05, 4.69) is 5.10 Å². The van der Waals surface area contributed by atoms with Crippen LogP contribution in [-0.4, -0.2) is 20.1 Å². The molecule has 2 N–H and O–H groups in total. The molecule has 6 nitrogen and oxygen atoms in total. The Balaban J connectivity index is 1.47. The van der Waals surface area contributed by atoms with Gasteiger partial charge in [0.1, 0.15) is 11.6 Å². The summed E-state index contributed by atoms with van der Waals surface area (Å²) < 4.78 is 36.4. The first-order valence-electron chi connectivity index (χ1n) is 11.1. The normalized spacial score (nSPS) is 11.2. The van der Waals surface area contributed by atoms with E-state index in [9.17, 15) is 13.6 Å². The van der Waals surface area contributed by atoms with Crippen LogP contribution in [0, 0.1) is 18.6 Å². The maximum absolute atomic E-state index is 14.0. The molecule has 35 heavy (non-hydrogen) atoms. The van der Waals surface area contributed by atoms with Gasteiger partial charge < -0.3 is 15.0 Å². The number of carbonyl (C=O) groups is 1. The topological polar surface area (TPSA) is 75.1 Å². The highest BCUT2D eigenvalue weighted by atomic mass is 19.2. The molecule has 0 saturated heterocycles. The lowest BCUT2D eigenvalue weighted by molar-refractivity contribution is 0.103. The van der Waals surface area contributed by atoms with Crippen molar-refractivity contribution in [3.63, 3.8) is 0 Å². The number of anilines is 1. The summed E-state index contributed by atoms with van der Waals surface area (Å²) in [6.45, 7) is 4.43. The van der Waals surface area contributed by atoms with Crippen LogP contribution >= 0.6 is 0 Å². The second-order valence-electron chi connectivity index (χ2n) is 8.12. The number of carbonyl (C=O) groups excluding carboxylic acids is 1. The fourth-order valence-electron chi connectivity index (χ4n) is 4.22. The van der Waals surface area contributed by atoms with Crippen molar-refractivity contribution in [2.24, 2.45) is 0 Å². The van der Waals surface area contributed by atoms with Crippen molar-refractivity contribution in [3.8, 4) is 17.2 Å². The van der Waals surface area contributed by atoms with E-state index in [1.54, 1.807) is 18.2 Å². The molecule has 5 aromatic rings. The predicted octanol–water partition coefficient (Wildman–Crippen LogP) is 6.04. The summed E-state index contributed by atoms with van der Waals surface area (Å²) in [6.07, 6.45) is 1.46. The molecule has 2 aromatic heterocycles. The molecule has 0 spiro atoms. The lowest BCUT2D eigenvalue weighted by Gasteiger charge is -2.12. The fraction of sp³-hybridized carbons (Fsp3) is 0.111. The van der Waals surface area contributed by atoms with Crippen LogP contribution in [0.25, 0.3) is 16.6 Å². The second-order valence-corrected chi connectivity index (χ2v) is 8.12. The van der Waals surface area contributed by atoms with Crippen LogP contribution in [0.5, 0.6) is 11.5 Å². The Morgan fingerprint density at radius 3 is 2.63 bits per heavy atom. The molecule has 2 heterocycles. The van der Waals surface area contributed by atoms with Crippen LogP contribution in [0.2, 0.25) is 0 Å². The van der Waals surface area contributed by atoms with E-state index in [-0.39, 0.29) is 17.4 Å². The van der Waals surface area contributed by atoms with Gasteiger partial charge in [0.05, 0.1) is 23.1 Å². The number of halogens is 2. The Morgan fingerprint density at radius 1 is 1.06 bits per heavy atom. The molecule has 176 valence electrons. The first kappa shape index (κ1) is 22.3. The number of hydrogen-bond donors (Lipinski definition) is 1. The zero-order chi connectivity index (χ0) is 24.7. The van der Waals surface area contributed by atoms with Crippen LogP contribution in [0.4, 0.5) is 14.6 Å². The number of nitrogen functional groups attached to an aromatic ring is 1. The third-order valence-electron chi connectivity index (χ3n) is 5.95. The molecule has 0 amide bonds. The summed E-state index contributed by atoms with van der Waals surface area (Å²) in [5, 5.41) is 5.33. The molecular formula is C27H22F2N4O2. The van der Waals surface area contributed by atoms with E-state index in [1.807, 2.05) is 48.7 Å². The number of aryl methyl sites for hydroxylation is 2. The van der Waals surface area contributed by atoms with Gasteiger partial charge in [-0.15, -0.1) is 0 Å². The molecule has 0 atom stereocenters. The smallest absolute Gasteiger partial charge is 0.214 e. The quantitative estimate of drug-likeness (QED) is 0.306. The van der Waals surface area contributed by atoms with Crippen molar-refractivity contribution in [2.45, 2.75) is 20.4 Å². The number of nitrogens with zero attached hydrogens (tertiary/aromatic N) is 3. The molecule has 0 aliphatic rings. The molecular weight excluding hydrogens is 450 g/mol. The van der Waals surface area contributed by atoms with E-state index >= 15 is 0 Å². The third-order valence-corrected chi connectivity index (χ3v) is 5.95. The Labute approximate surface area is 200 Å². The minimum absolute atomic E-state index is 0.204. The molecule has 0 saturated carbocycles. The third kappa shape index (κ3) is 3.82. The largest absolute Gasteiger partial charge is 0.454 e. The monoisotopic (exact) mass is 472 g/mol. The van der Waals surface area contributed by atoms with Crippen LogP contribution in [0.1, 0.15) is 28.5 Å². The van der Waals surface area contributed by atoms with Gasteiger partial charge in [-0.05, 0) is 61.9 Å². The van der Waals surface area contributed by atoms with Gasteiger partial charge in [-0.1, -0.05) is 24.3 Å². The molecule has 8 heteroatoms. The van der Waals surface area contributed by atoms with Crippen molar-refractivity contribution in [1.82, 2.24) is 14.3 Å². The highest BCUT2D eigenvalue weighted by Crippen LogP contribution is 2.30. The van der Waals surface area contributed by atoms with E-state index in [4.69, 9.17) is 10.5 Å². The minimum Gasteiger partial charge on any atom is -0.454 e. The van der Waals surface area contributed by atoms with Crippen molar-refractivity contribution in [3.05, 3.63) is 101 Å². The van der Waals surface area contributed by atoms with Gasteiger partial charge in [-0.25, -0.2) is 9.07 Å². The highest BCUT2D eigenvalue weighted by Gasteiger charge is 2.22. The van der Waals surface area contributed by atoms with E-state index in [0.717, 1.165) is 22.5 Å². The zero-order valence-corrected chi connectivity index (χ0v) is 19.1. The summed E-state index contributed by atoms with van der Waals surface area (Å²) >= 11 is 0. The molecule has 0 radical (unpaired) electrons. The highest BCUT2D eigenvalue weighted by molar-refractivity contribution is 6.13. The van der Waals surface area contributed by atoms with Gasteiger partial charge in [0.15, 0.2) is 11.6 Å². The van der Waals surface area contributed by atoms with Crippen molar-refractivity contribution < 1.29 is 18.3 Å². The summed E-state index contributed by atoms with van der Waals surface area (Å²) in [5.41, 5.74) is 9.53. The standard InChI is InChI=1S/C27H22F2N4O2/c1-3-32-22-9-5-4-7-17(22)14-23(32)26(34)19-15-31-33(27(19)30)21-12-11-18(13-16(21)2)35-24-10-6-8-20(28)25(24)29/h4-15H,3,30H2,1-2H3. The number of hydrogen-bond acceptors (Lipinski definition) is 4. The van der Waals surface area contributed by atoms with Crippen molar-refractivity contribution in [2.75, 3.05) is 5.73 Å². The van der Waals surface area contributed by atoms with E-state index in [1.165, 1.54) is 23.0 Å². The van der Waals surface area contributed by atoms with Crippen LogP contribution in [0.3, 0.4) is 0 Å². The Hall–Kier alpha value is -4.46. The number of benzene rings is 3. The van der Waals surface area contributed by atoms with Crippen molar-refractivity contribution in [1.29, 1.82) is 0 Å². The SMILES string of the molecule is CCn1c(C(=O)c2cnn(-c3ccc(Oc4cccc(F)c4F)cc3C)c2N)cc2ccccc21. The molecule has 3 aromatic carbocycles. The average molecular weight is 472 g/mol. The van der Waals surface area contributed by atoms with Crippen LogP contribution in [-0.2, 0) is 6.54 Å². The fourth-order valence-corrected chi connectivity index (χ4v) is 4.22. The van der Waals surface area contributed by atoms with Crippen molar-refractivity contribution >= 4 is 22.5 Å². The van der Waals surface area contributed by atoms with Gasteiger partial charge in [0.2, 0.25) is 11.6 Å². The summed E-state index contributed by atoms with van der Waals surface area (Å²) in [5.74, 6) is -1.94. The molecule has 5 rings (SSSR count). The lowest BCUT2D eigenvalue weighted by Crippen LogP contribution is -2.12. The van der Waals surface area contributed by atoms with Gasteiger partial charge in [0, 0.05) is 17.4 Å². The second kappa shape index (κ2) is 8.72. The number of ketones is 1. The molecule has 0 aliphatic carbocycles. The maximum Gasteiger partial charge on any atom is 0.214 e. The van der Waals surface area contributed by atoms with Gasteiger partial charge >= 0.3 is 0 Å². The van der Waals surface area contributed by atoms with Gasteiger partial charge in [0.25, 0.3) is 0 Å². The Bertz CT molecular complexity index is 1590. The summed E-state index contributed by atoms with van der Waals surface area (Å²) in [4.78, 5) is 13.4. The maximum atomic E-state index is 14.0. The lowest BCUT2D eigenvalue weighted by atomic mass is 10.1. The number of ether oxygens (including phenoxy) is 1. The molecule has 0 bridgehead atoms. The number of para-hydroxylation sites is 1. The van der Waals surface area contributed by atoms with E-state index in [0.29, 0.717) is 29.2 Å². The van der Waals surface area contributed by atoms with Crippen LogP contribution < -0.4 is 10.5 Å². The first-order chi connectivity index (χ1) is 16.9. The average Bonchev–Trinajstić information content (AvgIpc) is 3.42. The number of aromatic nitrogens is 3.